The van der Waals surface area contributed by atoms with Gasteiger partial charge in [0.1, 0.15) is 0 Å². The molecule has 0 aliphatic carbocycles. The van der Waals surface area contributed by atoms with Gasteiger partial charge in [-0.2, -0.15) is 0 Å². The summed E-state index contributed by atoms with van der Waals surface area (Å²) in [4.78, 5) is 18.7. The lowest BCUT2D eigenvalue weighted by Crippen LogP contribution is -2.25. The number of benzene rings is 1. The summed E-state index contributed by atoms with van der Waals surface area (Å²) in [5.41, 5.74) is 4.08. The summed E-state index contributed by atoms with van der Waals surface area (Å²) in [7, 11) is 1.66. The lowest BCUT2D eigenvalue weighted by molar-refractivity contribution is 0.0948. The van der Waals surface area contributed by atoms with Gasteiger partial charge in [0, 0.05) is 38.7 Å². The molecule has 2 heterocycles. The zero-order chi connectivity index (χ0) is 16.1. The van der Waals surface area contributed by atoms with Crippen LogP contribution in [-0.2, 0) is 11.2 Å². The van der Waals surface area contributed by atoms with Crippen LogP contribution in [0.1, 0.15) is 22.3 Å². The number of hydrogen-bond acceptors (Lipinski definition) is 4. The first-order valence-corrected chi connectivity index (χ1v) is 7.87. The van der Waals surface area contributed by atoms with Crippen LogP contribution in [-0.4, -0.2) is 37.7 Å². The van der Waals surface area contributed by atoms with E-state index in [2.05, 4.69) is 33.4 Å². The Balaban J connectivity index is 1.72. The molecule has 0 atom stereocenters. The van der Waals surface area contributed by atoms with Gasteiger partial charge in [-0.3, -0.25) is 9.78 Å². The van der Waals surface area contributed by atoms with E-state index in [1.807, 2.05) is 18.3 Å². The lowest BCUT2D eigenvalue weighted by Gasteiger charge is -2.19. The molecular weight excluding hydrogens is 290 g/mol. The van der Waals surface area contributed by atoms with Crippen LogP contribution < -0.4 is 10.2 Å². The third-order valence-corrected chi connectivity index (χ3v) is 4.00. The van der Waals surface area contributed by atoms with Crippen LogP contribution in [0.2, 0.25) is 0 Å². The van der Waals surface area contributed by atoms with Gasteiger partial charge in [-0.15, -0.1) is 0 Å². The number of nitrogens with zero attached hydrogens (tertiary/aromatic N) is 2. The monoisotopic (exact) mass is 311 g/mol. The molecule has 1 amide bonds. The molecule has 5 nitrogen and oxygen atoms in total. The molecule has 1 aromatic carbocycles. The van der Waals surface area contributed by atoms with E-state index in [0.29, 0.717) is 18.7 Å². The fourth-order valence-corrected chi connectivity index (χ4v) is 2.83. The van der Waals surface area contributed by atoms with Crippen molar-refractivity contribution in [2.24, 2.45) is 0 Å². The van der Waals surface area contributed by atoms with Crippen molar-refractivity contribution in [3.63, 3.8) is 0 Å². The van der Waals surface area contributed by atoms with Crippen LogP contribution in [0.5, 0.6) is 0 Å². The van der Waals surface area contributed by atoms with Gasteiger partial charge in [-0.1, -0.05) is 18.2 Å². The van der Waals surface area contributed by atoms with Crippen molar-refractivity contribution in [3.05, 3.63) is 53.9 Å². The maximum Gasteiger partial charge on any atom is 0.252 e. The molecule has 1 N–H and O–H groups in total. The Bertz CT molecular complexity index is 687. The van der Waals surface area contributed by atoms with Crippen LogP contribution in [0.15, 0.2) is 42.7 Å². The largest absolute Gasteiger partial charge is 0.385 e. The number of aromatic nitrogens is 1. The lowest BCUT2D eigenvalue weighted by atomic mass is 10.2. The second-order valence-corrected chi connectivity index (χ2v) is 5.56. The summed E-state index contributed by atoms with van der Waals surface area (Å²) >= 11 is 0. The van der Waals surface area contributed by atoms with Crippen LogP contribution in [0, 0.1) is 0 Å². The summed E-state index contributed by atoms with van der Waals surface area (Å²) in [5.74, 6) is -0.0945. The van der Waals surface area contributed by atoms with Gasteiger partial charge in [0.15, 0.2) is 0 Å². The first-order valence-electron chi connectivity index (χ1n) is 7.87. The van der Waals surface area contributed by atoms with Crippen molar-refractivity contribution in [2.75, 3.05) is 31.7 Å². The van der Waals surface area contributed by atoms with E-state index in [0.717, 1.165) is 25.1 Å². The first kappa shape index (κ1) is 15.5. The highest BCUT2D eigenvalue weighted by Crippen LogP contribution is 2.33. The molecule has 2 aromatic rings. The Morgan fingerprint density at radius 3 is 3.09 bits per heavy atom. The minimum absolute atomic E-state index is 0.0945. The van der Waals surface area contributed by atoms with Crippen LogP contribution in [0.4, 0.5) is 11.4 Å². The minimum atomic E-state index is -0.0945. The summed E-state index contributed by atoms with van der Waals surface area (Å²) < 4.78 is 4.98. The minimum Gasteiger partial charge on any atom is -0.385 e. The molecule has 1 aromatic heterocycles. The second kappa shape index (κ2) is 7.24. The molecule has 0 saturated heterocycles. The van der Waals surface area contributed by atoms with Crippen LogP contribution in [0.3, 0.4) is 0 Å². The van der Waals surface area contributed by atoms with Gasteiger partial charge in [0.25, 0.3) is 5.91 Å². The molecule has 3 rings (SSSR count). The second-order valence-electron chi connectivity index (χ2n) is 5.56. The number of nitrogens with one attached hydrogen (secondary N) is 1. The van der Waals surface area contributed by atoms with E-state index >= 15 is 0 Å². The molecule has 0 fully saturated rings. The predicted molar refractivity (Wildman–Crippen MR) is 90.2 cm³/mol. The number of rotatable bonds is 6. The highest BCUT2D eigenvalue weighted by Gasteiger charge is 2.20. The average Bonchev–Trinajstić information content (AvgIpc) is 3.03. The van der Waals surface area contributed by atoms with Gasteiger partial charge in [-0.25, -0.2) is 0 Å². The van der Waals surface area contributed by atoms with E-state index in [9.17, 15) is 4.79 Å². The molecule has 0 spiro atoms. The molecule has 0 unspecified atom stereocenters. The molecule has 1 aliphatic rings. The quantitative estimate of drug-likeness (QED) is 0.833. The van der Waals surface area contributed by atoms with Crippen molar-refractivity contribution in [1.29, 1.82) is 0 Å². The number of methoxy groups -OCH3 is 1. The number of para-hydroxylation sites is 1. The van der Waals surface area contributed by atoms with Crippen LogP contribution in [0.25, 0.3) is 0 Å². The van der Waals surface area contributed by atoms with Gasteiger partial charge in [0.05, 0.1) is 17.4 Å². The van der Waals surface area contributed by atoms with Crippen molar-refractivity contribution < 1.29 is 9.53 Å². The van der Waals surface area contributed by atoms with Gasteiger partial charge >= 0.3 is 0 Å². The molecule has 0 radical (unpaired) electrons. The van der Waals surface area contributed by atoms with Crippen molar-refractivity contribution in [3.8, 4) is 0 Å². The van der Waals surface area contributed by atoms with Crippen LogP contribution >= 0.6 is 0 Å². The van der Waals surface area contributed by atoms with E-state index in [-0.39, 0.29) is 5.91 Å². The van der Waals surface area contributed by atoms with Gasteiger partial charge in [-0.05, 0) is 30.5 Å². The standard InChI is InChI=1S/C18H21N3O2/c1-23-10-4-8-20-18(22)15-11-16(13-19-12-15)21-9-7-14-5-2-3-6-17(14)21/h2-3,5-6,11-13H,4,7-10H2,1H3,(H,20,22). The van der Waals surface area contributed by atoms with Gasteiger partial charge in [0.2, 0.25) is 0 Å². The number of anilines is 2. The zero-order valence-electron chi connectivity index (χ0n) is 13.3. The SMILES string of the molecule is COCCCNC(=O)c1cncc(N2CCc3ccccc32)c1. The van der Waals surface area contributed by atoms with E-state index < -0.39 is 0 Å². The average molecular weight is 311 g/mol. The van der Waals surface area contributed by atoms with E-state index in [1.165, 1.54) is 11.3 Å². The molecule has 23 heavy (non-hydrogen) atoms. The Kier molecular flexibility index (Phi) is 4.88. The number of carbonyl (C=O) groups excluding carboxylic acids is 1. The summed E-state index contributed by atoms with van der Waals surface area (Å²) in [6, 6.07) is 10.3. The third kappa shape index (κ3) is 3.51. The van der Waals surface area contributed by atoms with Crippen molar-refractivity contribution >= 4 is 17.3 Å². The highest BCUT2D eigenvalue weighted by atomic mass is 16.5. The predicted octanol–water partition coefficient (Wildman–Crippen LogP) is 2.54. The number of fused-ring (bicyclic) bond motifs is 1. The summed E-state index contributed by atoms with van der Waals surface area (Å²) in [5, 5.41) is 2.89. The van der Waals surface area contributed by atoms with Crippen molar-refractivity contribution in [2.45, 2.75) is 12.8 Å². The fourth-order valence-electron chi connectivity index (χ4n) is 2.83. The zero-order valence-corrected chi connectivity index (χ0v) is 13.3. The van der Waals surface area contributed by atoms with Gasteiger partial charge < -0.3 is 15.0 Å². The maximum atomic E-state index is 12.2. The Labute approximate surface area is 136 Å². The molecule has 0 saturated carbocycles. The number of carbonyl (C=O) groups is 1. The number of pyridine rings is 1. The maximum absolute atomic E-state index is 12.2. The first-order chi connectivity index (χ1) is 11.3. The Morgan fingerprint density at radius 1 is 1.35 bits per heavy atom. The number of ether oxygens (including phenoxy) is 1. The molecular formula is C18H21N3O2. The molecule has 120 valence electrons. The van der Waals surface area contributed by atoms with E-state index in [1.54, 1.807) is 13.3 Å². The third-order valence-electron chi connectivity index (χ3n) is 4.00. The summed E-state index contributed by atoms with van der Waals surface area (Å²) in [6.07, 6.45) is 5.24. The fraction of sp³-hybridized carbons (Fsp3) is 0.333. The summed E-state index contributed by atoms with van der Waals surface area (Å²) in [6.45, 7) is 2.16. The molecule has 5 heteroatoms. The number of hydrogen-bond donors (Lipinski definition) is 1. The smallest absolute Gasteiger partial charge is 0.252 e. The Hall–Kier alpha value is -2.40. The van der Waals surface area contributed by atoms with E-state index in [4.69, 9.17) is 4.74 Å². The highest BCUT2D eigenvalue weighted by molar-refractivity contribution is 5.95. The Morgan fingerprint density at radius 2 is 2.22 bits per heavy atom. The normalized spacial score (nSPS) is 13.0. The van der Waals surface area contributed by atoms with Crippen molar-refractivity contribution in [1.82, 2.24) is 10.3 Å². The number of amides is 1. The topological polar surface area (TPSA) is 54.5 Å². The molecule has 0 bridgehead atoms. The molecule has 1 aliphatic heterocycles.